The van der Waals surface area contributed by atoms with Gasteiger partial charge in [0.25, 0.3) is 0 Å². The van der Waals surface area contributed by atoms with E-state index >= 15 is 0 Å². The number of rotatable bonds is 5. The first kappa shape index (κ1) is 13.2. The van der Waals surface area contributed by atoms with Gasteiger partial charge in [0, 0.05) is 18.0 Å². The van der Waals surface area contributed by atoms with Crippen LogP contribution in [0.15, 0.2) is 28.7 Å². The van der Waals surface area contributed by atoms with Crippen molar-refractivity contribution < 1.29 is 13.9 Å². The first-order chi connectivity index (χ1) is 10.3. The van der Waals surface area contributed by atoms with E-state index in [2.05, 4.69) is 17.4 Å². The minimum atomic E-state index is 0.406. The maximum atomic E-state index is 5.93. The molecule has 1 N–H and O–H groups in total. The highest BCUT2D eigenvalue weighted by molar-refractivity contribution is 5.83. The third-order valence-electron chi connectivity index (χ3n) is 4.54. The van der Waals surface area contributed by atoms with Crippen molar-refractivity contribution in [3.8, 4) is 5.75 Å². The summed E-state index contributed by atoms with van der Waals surface area (Å²) < 4.78 is 17.1. The highest BCUT2D eigenvalue weighted by atomic mass is 16.5. The lowest BCUT2D eigenvalue weighted by Crippen LogP contribution is -2.37. The van der Waals surface area contributed by atoms with Gasteiger partial charge in [0.15, 0.2) is 11.3 Å². The SMILES string of the molecule is COc1cccc2cc(CNC3CCOC3C3CC3)oc12. The fourth-order valence-corrected chi connectivity index (χ4v) is 3.29. The van der Waals surface area contributed by atoms with Crippen molar-refractivity contribution in [2.45, 2.75) is 38.0 Å². The molecule has 4 heteroatoms. The second kappa shape index (κ2) is 5.35. The molecule has 0 amide bonds. The van der Waals surface area contributed by atoms with Gasteiger partial charge < -0.3 is 19.2 Å². The molecule has 112 valence electrons. The number of hydrogen-bond acceptors (Lipinski definition) is 4. The van der Waals surface area contributed by atoms with E-state index in [-0.39, 0.29) is 0 Å². The molecule has 1 saturated carbocycles. The Hall–Kier alpha value is -1.52. The Balaban J connectivity index is 1.47. The normalized spacial score (nSPS) is 25.6. The molecule has 2 fully saturated rings. The van der Waals surface area contributed by atoms with Crippen LogP contribution in [0.3, 0.4) is 0 Å². The molecule has 2 unspecified atom stereocenters. The summed E-state index contributed by atoms with van der Waals surface area (Å²) in [5.41, 5.74) is 0.832. The minimum absolute atomic E-state index is 0.406. The third-order valence-corrected chi connectivity index (χ3v) is 4.54. The number of ether oxygens (including phenoxy) is 2. The number of nitrogens with one attached hydrogen (secondary N) is 1. The lowest BCUT2D eigenvalue weighted by molar-refractivity contribution is 0.0805. The average molecular weight is 287 g/mol. The van der Waals surface area contributed by atoms with Crippen molar-refractivity contribution in [2.75, 3.05) is 13.7 Å². The van der Waals surface area contributed by atoms with Crippen molar-refractivity contribution in [3.63, 3.8) is 0 Å². The Bertz CT molecular complexity index is 632. The zero-order valence-electron chi connectivity index (χ0n) is 12.3. The molecule has 1 saturated heterocycles. The molecule has 1 aliphatic heterocycles. The number of hydrogen-bond donors (Lipinski definition) is 1. The molecule has 21 heavy (non-hydrogen) atoms. The van der Waals surface area contributed by atoms with Crippen molar-refractivity contribution in [1.82, 2.24) is 5.32 Å². The zero-order chi connectivity index (χ0) is 14.2. The van der Waals surface area contributed by atoms with E-state index < -0.39 is 0 Å². The average Bonchev–Trinajstić information content (AvgIpc) is 3.09. The second-order valence-electron chi connectivity index (χ2n) is 6.04. The maximum absolute atomic E-state index is 5.93. The van der Waals surface area contributed by atoms with Gasteiger partial charge in [-0.3, -0.25) is 0 Å². The topological polar surface area (TPSA) is 43.6 Å². The third kappa shape index (κ3) is 2.54. The Morgan fingerprint density at radius 3 is 3.00 bits per heavy atom. The Morgan fingerprint density at radius 1 is 1.29 bits per heavy atom. The summed E-state index contributed by atoms with van der Waals surface area (Å²) >= 11 is 0. The lowest BCUT2D eigenvalue weighted by Gasteiger charge is -2.18. The number of para-hydroxylation sites is 1. The molecule has 0 bridgehead atoms. The molecule has 2 aliphatic rings. The largest absolute Gasteiger partial charge is 0.493 e. The minimum Gasteiger partial charge on any atom is -0.493 e. The van der Waals surface area contributed by atoms with Crippen LogP contribution in [0.4, 0.5) is 0 Å². The van der Waals surface area contributed by atoms with Crippen molar-refractivity contribution >= 4 is 11.0 Å². The van der Waals surface area contributed by atoms with E-state index in [1.807, 2.05) is 12.1 Å². The van der Waals surface area contributed by atoms with Crippen molar-refractivity contribution in [1.29, 1.82) is 0 Å². The zero-order valence-corrected chi connectivity index (χ0v) is 12.3. The first-order valence-corrected chi connectivity index (χ1v) is 7.75. The smallest absolute Gasteiger partial charge is 0.176 e. The fourth-order valence-electron chi connectivity index (χ4n) is 3.29. The van der Waals surface area contributed by atoms with Gasteiger partial charge in [0.1, 0.15) is 5.76 Å². The fraction of sp³-hybridized carbons (Fsp3) is 0.529. The summed E-state index contributed by atoms with van der Waals surface area (Å²) in [4.78, 5) is 0. The summed E-state index contributed by atoms with van der Waals surface area (Å²) in [6.07, 6.45) is 4.16. The maximum Gasteiger partial charge on any atom is 0.176 e. The number of fused-ring (bicyclic) bond motifs is 1. The molecule has 4 rings (SSSR count). The quantitative estimate of drug-likeness (QED) is 0.917. The lowest BCUT2D eigenvalue weighted by atomic mass is 10.1. The summed E-state index contributed by atoms with van der Waals surface area (Å²) in [7, 11) is 1.67. The highest BCUT2D eigenvalue weighted by Gasteiger charge is 2.40. The van der Waals surface area contributed by atoms with Crippen LogP contribution in [0.2, 0.25) is 0 Å². The molecule has 2 heterocycles. The second-order valence-corrected chi connectivity index (χ2v) is 6.04. The predicted molar refractivity (Wildman–Crippen MR) is 80.5 cm³/mol. The van der Waals surface area contributed by atoms with Crippen LogP contribution in [0.1, 0.15) is 25.0 Å². The standard InChI is InChI=1S/C17H21NO3/c1-19-15-4-2-3-12-9-13(21-17(12)15)10-18-14-7-8-20-16(14)11-5-6-11/h2-4,9,11,14,16,18H,5-8,10H2,1H3. The Morgan fingerprint density at radius 2 is 2.19 bits per heavy atom. The highest BCUT2D eigenvalue weighted by Crippen LogP contribution is 2.39. The molecule has 2 aromatic rings. The van der Waals surface area contributed by atoms with Crippen molar-refractivity contribution in [3.05, 3.63) is 30.0 Å². The van der Waals surface area contributed by atoms with Crippen LogP contribution in [0.5, 0.6) is 5.75 Å². The van der Waals surface area contributed by atoms with Crippen LogP contribution in [-0.4, -0.2) is 25.9 Å². The van der Waals surface area contributed by atoms with Crippen LogP contribution < -0.4 is 10.1 Å². The number of methoxy groups -OCH3 is 1. The molecule has 1 aromatic carbocycles. The Kier molecular flexibility index (Phi) is 3.36. The van der Waals surface area contributed by atoms with E-state index in [1.165, 1.54) is 12.8 Å². The van der Waals surface area contributed by atoms with Crippen molar-refractivity contribution in [2.24, 2.45) is 5.92 Å². The summed E-state index contributed by atoms with van der Waals surface area (Å²) in [5.74, 6) is 2.52. The predicted octanol–water partition coefficient (Wildman–Crippen LogP) is 3.10. The van der Waals surface area contributed by atoms with Gasteiger partial charge in [-0.25, -0.2) is 0 Å². The molecule has 1 aliphatic carbocycles. The van der Waals surface area contributed by atoms with E-state index in [4.69, 9.17) is 13.9 Å². The van der Waals surface area contributed by atoms with E-state index in [0.717, 1.165) is 48.0 Å². The summed E-state index contributed by atoms with van der Waals surface area (Å²) in [6.45, 7) is 1.63. The van der Waals surface area contributed by atoms with E-state index in [0.29, 0.717) is 12.1 Å². The molecule has 0 spiro atoms. The number of benzene rings is 1. The van der Waals surface area contributed by atoms with Gasteiger partial charge in [-0.1, -0.05) is 12.1 Å². The van der Waals surface area contributed by atoms with Gasteiger partial charge >= 0.3 is 0 Å². The molecular weight excluding hydrogens is 266 g/mol. The molecule has 1 aromatic heterocycles. The number of furan rings is 1. The van der Waals surface area contributed by atoms with Crippen LogP contribution in [0, 0.1) is 5.92 Å². The molecule has 4 nitrogen and oxygen atoms in total. The monoisotopic (exact) mass is 287 g/mol. The van der Waals surface area contributed by atoms with E-state index in [9.17, 15) is 0 Å². The van der Waals surface area contributed by atoms with Gasteiger partial charge in [-0.15, -0.1) is 0 Å². The van der Waals surface area contributed by atoms with Gasteiger partial charge in [0.05, 0.1) is 19.8 Å². The van der Waals surface area contributed by atoms with Crippen LogP contribution in [-0.2, 0) is 11.3 Å². The summed E-state index contributed by atoms with van der Waals surface area (Å²) in [5, 5.41) is 4.70. The van der Waals surface area contributed by atoms with Crippen LogP contribution >= 0.6 is 0 Å². The molecular formula is C17H21NO3. The molecule has 2 atom stereocenters. The van der Waals surface area contributed by atoms with Crippen LogP contribution in [0.25, 0.3) is 11.0 Å². The molecule has 0 radical (unpaired) electrons. The van der Waals surface area contributed by atoms with Gasteiger partial charge in [-0.2, -0.15) is 0 Å². The van der Waals surface area contributed by atoms with E-state index in [1.54, 1.807) is 7.11 Å². The van der Waals surface area contributed by atoms with Gasteiger partial charge in [-0.05, 0) is 37.3 Å². The summed E-state index contributed by atoms with van der Waals surface area (Å²) in [6, 6.07) is 8.52. The first-order valence-electron chi connectivity index (χ1n) is 7.75. The van der Waals surface area contributed by atoms with Gasteiger partial charge in [0.2, 0.25) is 0 Å². The Labute approximate surface area is 124 Å².